The van der Waals surface area contributed by atoms with Gasteiger partial charge in [-0.1, -0.05) is 0 Å². The van der Waals surface area contributed by atoms with Crippen molar-refractivity contribution in [2.75, 3.05) is 19.1 Å². The van der Waals surface area contributed by atoms with Crippen LogP contribution in [0, 0.1) is 0 Å². The second-order valence-electron chi connectivity index (χ2n) is 2.90. The highest BCUT2D eigenvalue weighted by molar-refractivity contribution is 7.90. The zero-order valence-electron chi connectivity index (χ0n) is 8.10. The lowest BCUT2D eigenvalue weighted by Crippen LogP contribution is -2.08. The molecule has 14 heavy (non-hydrogen) atoms. The first kappa shape index (κ1) is 10.9. The lowest BCUT2D eigenvalue weighted by Gasteiger charge is -2.01. The smallest absolute Gasteiger partial charge is 0.216 e. The summed E-state index contributed by atoms with van der Waals surface area (Å²) in [4.78, 5) is 7.93. The molecule has 0 atom stereocenters. The minimum atomic E-state index is -2.96. The van der Waals surface area contributed by atoms with Crippen LogP contribution in [0.25, 0.3) is 0 Å². The molecule has 78 valence electrons. The van der Waals surface area contributed by atoms with E-state index in [0.29, 0.717) is 18.1 Å². The van der Waals surface area contributed by atoms with Crippen molar-refractivity contribution in [2.24, 2.45) is 0 Å². The van der Waals surface area contributed by atoms with Gasteiger partial charge < -0.3 is 4.74 Å². The van der Waals surface area contributed by atoms with Crippen molar-refractivity contribution in [1.82, 2.24) is 9.97 Å². The summed E-state index contributed by atoms with van der Waals surface area (Å²) in [6.07, 6.45) is 3.05. The molecule has 0 aliphatic carbocycles. The summed E-state index contributed by atoms with van der Waals surface area (Å²) in [6, 6.07) is 1.62. The van der Waals surface area contributed by atoms with Gasteiger partial charge in [0.2, 0.25) is 5.88 Å². The molecule has 0 amide bonds. The maximum atomic E-state index is 10.9. The summed E-state index contributed by atoms with van der Waals surface area (Å²) >= 11 is 0. The Morgan fingerprint density at radius 2 is 2.21 bits per heavy atom. The Morgan fingerprint density at radius 3 is 2.79 bits per heavy atom. The topological polar surface area (TPSA) is 69.2 Å². The van der Waals surface area contributed by atoms with Crippen LogP contribution < -0.4 is 4.74 Å². The highest BCUT2D eigenvalue weighted by Gasteiger charge is 2.05. The molecule has 0 aliphatic heterocycles. The summed E-state index contributed by atoms with van der Waals surface area (Å²) in [6.45, 7) is 0. The van der Waals surface area contributed by atoms with Crippen LogP contribution in [0.15, 0.2) is 12.3 Å². The summed E-state index contributed by atoms with van der Waals surface area (Å²) in [7, 11) is -1.46. The Labute approximate surface area is 83.1 Å². The van der Waals surface area contributed by atoms with E-state index in [0.717, 1.165) is 0 Å². The standard InChI is InChI=1S/C8H12N2O3S/c1-13-8-3-5-9-7(10-8)4-6-14(2,11)12/h3,5H,4,6H2,1-2H3. The van der Waals surface area contributed by atoms with Crippen molar-refractivity contribution in [1.29, 1.82) is 0 Å². The minimum absolute atomic E-state index is 0.0557. The van der Waals surface area contributed by atoms with E-state index in [1.807, 2.05) is 0 Å². The molecule has 0 aromatic carbocycles. The second kappa shape index (κ2) is 4.36. The number of rotatable bonds is 4. The Hall–Kier alpha value is -1.17. The van der Waals surface area contributed by atoms with Crippen LogP contribution in [0.5, 0.6) is 5.88 Å². The predicted octanol–water partition coefficient (Wildman–Crippen LogP) is 0.0723. The summed E-state index contributed by atoms with van der Waals surface area (Å²) in [5, 5.41) is 0. The number of hydrogen-bond donors (Lipinski definition) is 0. The molecule has 0 radical (unpaired) electrons. The molecular weight excluding hydrogens is 204 g/mol. The van der Waals surface area contributed by atoms with Gasteiger partial charge in [0, 0.05) is 24.9 Å². The number of aromatic nitrogens is 2. The van der Waals surface area contributed by atoms with E-state index >= 15 is 0 Å². The molecule has 1 aromatic rings. The SMILES string of the molecule is COc1ccnc(CCS(C)(=O)=O)n1. The molecule has 0 spiro atoms. The van der Waals surface area contributed by atoms with Gasteiger partial charge in [-0.2, -0.15) is 4.98 Å². The summed E-state index contributed by atoms with van der Waals surface area (Å²) in [5.74, 6) is 0.985. The lowest BCUT2D eigenvalue weighted by molar-refractivity contribution is 0.395. The van der Waals surface area contributed by atoms with E-state index < -0.39 is 9.84 Å². The Balaban J connectivity index is 2.68. The number of hydrogen-bond acceptors (Lipinski definition) is 5. The fourth-order valence-electron chi connectivity index (χ4n) is 0.891. The van der Waals surface area contributed by atoms with Crippen molar-refractivity contribution in [3.05, 3.63) is 18.1 Å². The Morgan fingerprint density at radius 1 is 1.50 bits per heavy atom. The highest BCUT2D eigenvalue weighted by Crippen LogP contribution is 2.04. The summed E-state index contributed by atoms with van der Waals surface area (Å²) < 4.78 is 26.6. The van der Waals surface area contributed by atoms with Crippen LogP contribution in [0.4, 0.5) is 0 Å². The fourth-order valence-corrected chi connectivity index (χ4v) is 1.44. The van der Waals surface area contributed by atoms with E-state index in [9.17, 15) is 8.42 Å². The van der Waals surface area contributed by atoms with Gasteiger partial charge in [0.05, 0.1) is 12.9 Å². The molecule has 0 saturated carbocycles. The molecule has 1 aromatic heterocycles. The van der Waals surface area contributed by atoms with Gasteiger partial charge in [0.15, 0.2) is 0 Å². The maximum Gasteiger partial charge on any atom is 0.216 e. The molecule has 5 nitrogen and oxygen atoms in total. The van der Waals surface area contributed by atoms with Gasteiger partial charge in [-0.3, -0.25) is 0 Å². The van der Waals surface area contributed by atoms with Crippen LogP contribution in [0.3, 0.4) is 0 Å². The van der Waals surface area contributed by atoms with Crippen molar-refractivity contribution in [3.63, 3.8) is 0 Å². The number of aryl methyl sites for hydroxylation is 1. The van der Waals surface area contributed by atoms with Crippen molar-refractivity contribution < 1.29 is 13.2 Å². The molecule has 0 saturated heterocycles. The van der Waals surface area contributed by atoms with Crippen molar-refractivity contribution in [2.45, 2.75) is 6.42 Å². The second-order valence-corrected chi connectivity index (χ2v) is 5.15. The summed E-state index contributed by atoms with van der Waals surface area (Å²) in [5.41, 5.74) is 0. The van der Waals surface area contributed by atoms with E-state index in [1.54, 1.807) is 12.3 Å². The molecule has 0 N–H and O–H groups in total. The molecule has 0 aliphatic rings. The molecule has 0 fully saturated rings. The van der Waals surface area contributed by atoms with Gasteiger partial charge in [-0.05, 0) is 0 Å². The third kappa shape index (κ3) is 3.69. The van der Waals surface area contributed by atoms with Gasteiger partial charge >= 0.3 is 0 Å². The molecule has 1 rings (SSSR count). The molecule has 0 unspecified atom stereocenters. The van der Waals surface area contributed by atoms with E-state index in [-0.39, 0.29) is 5.75 Å². The first-order valence-electron chi connectivity index (χ1n) is 4.05. The van der Waals surface area contributed by atoms with E-state index in [2.05, 4.69) is 9.97 Å². The number of nitrogens with zero attached hydrogens (tertiary/aromatic N) is 2. The van der Waals surface area contributed by atoms with Gasteiger partial charge in [-0.15, -0.1) is 0 Å². The molecule has 0 bridgehead atoms. The van der Waals surface area contributed by atoms with Crippen molar-refractivity contribution in [3.8, 4) is 5.88 Å². The monoisotopic (exact) mass is 216 g/mol. The minimum Gasteiger partial charge on any atom is -0.481 e. The maximum absolute atomic E-state index is 10.9. The zero-order chi connectivity index (χ0) is 10.6. The number of ether oxygens (including phenoxy) is 1. The normalized spacial score (nSPS) is 11.3. The van der Waals surface area contributed by atoms with E-state index in [4.69, 9.17) is 4.74 Å². The molecule has 6 heteroatoms. The van der Waals surface area contributed by atoms with Gasteiger partial charge in [0.1, 0.15) is 15.7 Å². The number of sulfone groups is 1. The molecule has 1 heterocycles. The first-order valence-corrected chi connectivity index (χ1v) is 6.11. The van der Waals surface area contributed by atoms with Gasteiger partial charge in [0.25, 0.3) is 0 Å². The zero-order valence-corrected chi connectivity index (χ0v) is 8.91. The third-order valence-electron chi connectivity index (χ3n) is 1.59. The largest absolute Gasteiger partial charge is 0.481 e. The number of methoxy groups -OCH3 is 1. The van der Waals surface area contributed by atoms with Crippen LogP contribution in [0.2, 0.25) is 0 Å². The Bertz CT molecular complexity index is 403. The average molecular weight is 216 g/mol. The Kier molecular flexibility index (Phi) is 3.40. The first-order chi connectivity index (χ1) is 6.51. The third-order valence-corrected chi connectivity index (χ3v) is 2.53. The van der Waals surface area contributed by atoms with Crippen LogP contribution >= 0.6 is 0 Å². The van der Waals surface area contributed by atoms with Crippen LogP contribution in [0.1, 0.15) is 5.82 Å². The van der Waals surface area contributed by atoms with Gasteiger partial charge in [-0.25, -0.2) is 13.4 Å². The molecular formula is C8H12N2O3S. The lowest BCUT2D eigenvalue weighted by atomic mass is 10.4. The fraction of sp³-hybridized carbons (Fsp3) is 0.500. The average Bonchev–Trinajstić information content (AvgIpc) is 2.14. The van der Waals surface area contributed by atoms with Crippen LogP contribution in [-0.4, -0.2) is 37.5 Å². The van der Waals surface area contributed by atoms with E-state index in [1.165, 1.54) is 13.4 Å². The van der Waals surface area contributed by atoms with Crippen LogP contribution in [-0.2, 0) is 16.3 Å². The highest BCUT2D eigenvalue weighted by atomic mass is 32.2. The quantitative estimate of drug-likeness (QED) is 0.712. The van der Waals surface area contributed by atoms with Crippen molar-refractivity contribution >= 4 is 9.84 Å². The predicted molar refractivity (Wildman–Crippen MR) is 52.0 cm³/mol.